The third-order valence-electron chi connectivity index (χ3n) is 2.91. The molecule has 6 heteroatoms. The number of nitrogens with zero attached hydrogens (tertiary/aromatic N) is 2. The first-order valence-corrected chi connectivity index (χ1v) is 7.87. The fourth-order valence-electron chi connectivity index (χ4n) is 1.81. The van der Waals surface area contributed by atoms with E-state index in [0.29, 0.717) is 11.7 Å². The zero-order chi connectivity index (χ0) is 15.1. The Bertz CT molecular complexity index is 580. The topological polar surface area (TPSA) is 66.9 Å². The van der Waals surface area contributed by atoms with E-state index < -0.39 is 0 Å². The highest BCUT2D eigenvalue weighted by molar-refractivity contribution is 7.15. The van der Waals surface area contributed by atoms with Gasteiger partial charge in [0.1, 0.15) is 5.01 Å². The molecule has 2 N–H and O–H groups in total. The summed E-state index contributed by atoms with van der Waals surface area (Å²) in [5.74, 6) is -0.0960. The summed E-state index contributed by atoms with van der Waals surface area (Å²) in [6.07, 6.45) is 1.93. The number of rotatable bonds is 7. The van der Waals surface area contributed by atoms with Crippen molar-refractivity contribution in [2.45, 2.75) is 33.2 Å². The Morgan fingerprint density at radius 1 is 1.24 bits per heavy atom. The molecule has 0 saturated heterocycles. The Hall–Kier alpha value is -1.79. The molecule has 0 radical (unpaired) electrons. The maximum atomic E-state index is 11.8. The second kappa shape index (κ2) is 7.85. The zero-order valence-corrected chi connectivity index (χ0v) is 13.2. The van der Waals surface area contributed by atoms with E-state index in [4.69, 9.17) is 0 Å². The van der Waals surface area contributed by atoms with Gasteiger partial charge in [0.2, 0.25) is 11.0 Å². The van der Waals surface area contributed by atoms with E-state index in [1.807, 2.05) is 0 Å². The van der Waals surface area contributed by atoms with Crippen molar-refractivity contribution in [3.63, 3.8) is 0 Å². The molecule has 1 aromatic carbocycles. The van der Waals surface area contributed by atoms with Crippen LogP contribution < -0.4 is 10.6 Å². The van der Waals surface area contributed by atoms with Crippen LogP contribution in [0.5, 0.6) is 0 Å². The Labute approximate surface area is 128 Å². The number of hydrogen-bond donors (Lipinski definition) is 2. The number of carbonyl (C=O) groups excluding carboxylic acids is 1. The fourth-order valence-corrected chi connectivity index (χ4v) is 2.67. The minimum absolute atomic E-state index is 0.0960. The van der Waals surface area contributed by atoms with Crippen LogP contribution in [0.2, 0.25) is 0 Å². The first kappa shape index (κ1) is 15.6. The van der Waals surface area contributed by atoms with Crippen LogP contribution in [0, 0.1) is 6.92 Å². The molecular formula is C15H20N4OS. The number of benzene rings is 1. The molecule has 1 heterocycles. The van der Waals surface area contributed by atoms with Crippen molar-refractivity contribution in [1.29, 1.82) is 0 Å². The summed E-state index contributed by atoms with van der Waals surface area (Å²) in [5, 5.41) is 15.4. The molecule has 2 rings (SSSR count). The lowest BCUT2D eigenvalue weighted by atomic mass is 10.1. The highest BCUT2D eigenvalue weighted by Gasteiger charge is 2.07. The van der Waals surface area contributed by atoms with Gasteiger partial charge in [-0.15, -0.1) is 10.2 Å². The number of nitrogens with one attached hydrogen (secondary N) is 2. The third-order valence-corrected chi connectivity index (χ3v) is 3.81. The maximum Gasteiger partial charge on any atom is 0.240 e. The molecule has 2 aromatic rings. The lowest BCUT2D eigenvalue weighted by Crippen LogP contribution is -2.27. The van der Waals surface area contributed by atoms with Gasteiger partial charge in [0.15, 0.2) is 0 Å². The summed E-state index contributed by atoms with van der Waals surface area (Å²) in [6, 6.07) is 8.24. The Balaban J connectivity index is 1.72. The zero-order valence-electron chi connectivity index (χ0n) is 12.3. The van der Waals surface area contributed by atoms with Crippen molar-refractivity contribution in [2.24, 2.45) is 0 Å². The molecule has 0 atom stereocenters. The molecular weight excluding hydrogens is 284 g/mol. The van der Waals surface area contributed by atoms with E-state index in [1.165, 1.54) is 16.9 Å². The SMILES string of the molecule is CCCc1nnc(NC(=O)CNCc2ccc(C)cc2)s1. The number of carbonyl (C=O) groups is 1. The monoisotopic (exact) mass is 304 g/mol. The molecule has 0 fully saturated rings. The van der Waals surface area contributed by atoms with E-state index in [2.05, 4.69) is 58.9 Å². The van der Waals surface area contributed by atoms with Crippen LogP contribution >= 0.6 is 11.3 Å². The Morgan fingerprint density at radius 3 is 2.71 bits per heavy atom. The second-order valence-electron chi connectivity index (χ2n) is 4.89. The van der Waals surface area contributed by atoms with E-state index in [0.717, 1.165) is 23.4 Å². The van der Waals surface area contributed by atoms with Crippen LogP contribution in [0.25, 0.3) is 0 Å². The van der Waals surface area contributed by atoms with E-state index >= 15 is 0 Å². The van der Waals surface area contributed by atoms with Gasteiger partial charge in [-0.25, -0.2) is 0 Å². The minimum Gasteiger partial charge on any atom is -0.304 e. The molecule has 1 aromatic heterocycles. The largest absolute Gasteiger partial charge is 0.304 e. The number of aromatic nitrogens is 2. The smallest absolute Gasteiger partial charge is 0.240 e. The number of amides is 1. The molecule has 5 nitrogen and oxygen atoms in total. The van der Waals surface area contributed by atoms with Crippen molar-refractivity contribution in [1.82, 2.24) is 15.5 Å². The minimum atomic E-state index is -0.0960. The quantitative estimate of drug-likeness (QED) is 0.825. The molecule has 0 aliphatic carbocycles. The van der Waals surface area contributed by atoms with Gasteiger partial charge in [0.05, 0.1) is 6.54 Å². The summed E-state index contributed by atoms with van der Waals surface area (Å²) in [6.45, 7) is 5.08. The van der Waals surface area contributed by atoms with Crippen molar-refractivity contribution in [3.05, 3.63) is 40.4 Å². The molecule has 0 bridgehead atoms. The van der Waals surface area contributed by atoms with Gasteiger partial charge in [0, 0.05) is 13.0 Å². The molecule has 0 aliphatic heterocycles. The van der Waals surface area contributed by atoms with Crippen LogP contribution in [0.3, 0.4) is 0 Å². The van der Waals surface area contributed by atoms with Gasteiger partial charge in [0.25, 0.3) is 0 Å². The predicted octanol–water partition coefficient (Wildman–Crippen LogP) is 2.53. The summed E-state index contributed by atoms with van der Waals surface area (Å²) >= 11 is 1.44. The van der Waals surface area contributed by atoms with Gasteiger partial charge in [-0.2, -0.15) is 0 Å². The third kappa shape index (κ3) is 5.24. The standard InChI is InChI=1S/C15H20N4OS/c1-3-4-14-18-19-15(21-14)17-13(20)10-16-9-12-7-5-11(2)6-8-12/h5-8,16H,3-4,9-10H2,1-2H3,(H,17,19,20). The number of anilines is 1. The van der Waals surface area contributed by atoms with Gasteiger partial charge in [-0.05, 0) is 18.9 Å². The average molecular weight is 304 g/mol. The van der Waals surface area contributed by atoms with Crippen molar-refractivity contribution in [2.75, 3.05) is 11.9 Å². The van der Waals surface area contributed by atoms with Gasteiger partial charge in [-0.1, -0.05) is 48.1 Å². The van der Waals surface area contributed by atoms with Gasteiger partial charge in [-0.3, -0.25) is 10.1 Å². The first-order valence-electron chi connectivity index (χ1n) is 7.06. The van der Waals surface area contributed by atoms with Crippen LogP contribution in [-0.4, -0.2) is 22.6 Å². The molecule has 0 aliphatic rings. The Kier molecular flexibility index (Phi) is 5.83. The van der Waals surface area contributed by atoms with E-state index in [-0.39, 0.29) is 12.5 Å². The molecule has 0 spiro atoms. The summed E-state index contributed by atoms with van der Waals surface area (Å²) < 4.78 is 0. The van der Waals surface area contributed by atoms with Crippen LogP contribution in [-0.2, 0) is 17.8 Å². The number of aryl methyl sites for hydroxylation is 2. The van der Waals surface area contributed by atoms with Gasteiger partial charge < -0.3 is 5.32 Å². The van der Waals surface area contributed by atoms with E-state index in [9.17, 15) is 4.79 Å². The van der Waals surface area contributed by atoms with Crippen LogP contribution in [0.1, 0.15) is 29.5 Å². The van der Waals surface area contributed by atoms with Crippen LogP contribution in [0.15, 0.2) is 24.3 Å². The van der Waals surface area contributed by atoms with E-state index in [1.54, 1.807) is 0 Å². The van der Waals surface area contributed by atoms with Gasteiger partial charge >= 0.3 is 0 Å². The van der Waals surface area contributed by atoms with Crippen molar-refractivity contribution >= 4 is 22.4 Å². The van der Waals surface area contributed by atoms with Crippen molar-refractivity contribution in [3.8, 4) is 0 Å². The van der Waals surface area contributed by atoms with Crippen molar-refractivity contribution < 1.29 is 4.79 Å². The Morgan fingerprint density at radius 2 is 2.00 bits per heavy atom. The molecule has 112 valence electrons. The maximum absolute atomic E-state index is 11.8. The predicted molar refractivity (Wildman–Crippen MR) is 85.4 cm³/mol. The summed E-state index contributed by atoms with van der Waals surface area (Å²) in [5.41, 5.74) is 2.39. The van der Waals surface area contributed by atoms with Crippen LogP contribution in [0.4, 0.5) is 5.13 Å². The highest BCUT2D eigenvalue weighted by atomic mass is 32.1. The summed E-state index contributed by atoms with van der Waals surface area (Å²) in [7, 11) is 0. The molecule has 0 saturated carbocycles. The average Bonchev–Trinajstić information content (AvgIpc) is 2.89. The fraction of sp³-hybridized carbons (Fsp3) is 0.400. The second-order valence-corrected chi connectivity index (χ2v) is 5.95. The molecule has 21 heavy (non-hydrogen) atoms. The normalized spacial score (nSPS) is 10.6. The number of hydrogen-bond acceptors (Lipinski definition) is 5. The summed E-state index contributed by atoms with van der Waals surface area (Å²) in [4.78, 5) is 11.8. The first-order chi connectivity index (χ1) is 10.2. The lowest BCUT2D eigenvalue weighted by molar-refractivity contribution is -0.115. The lowest BCUT2D eigenvalue weighted by Gasteiger charge is -2.05. The molecule has 0 unspecified atom stereocenters. The highest BCUT2D eigenvalue weighted by Crippen LogP contribution is 2.16. The molecule has 1 amide bonds.